The van der Waals surface area contributed by atoms with E-state index in [0.29, 0.717) is 31.8 Å². The van der Waals surface area contributed by atoms with E-state index < -0.39 is 21.4 Å². The molecule has 1 aliphatic carbocycles. The third kappa shape index (κ3) is 3.72. The lowest BCUT2D eigenvalue weighted by Crippen LogP contribution is -2.53. The maximum atomic E-state index is 14.0. The lowest BCUT2D eigenvalue weighted by Gasteiger charge is -2.36. The minimum atomic E-state index is -3.92. The van der Waals surface area contributed by atoms with Crippen LogP contribution in [0.2, 0.25) is 0 Å². The van der Waals surface area contributed by atoms with Crippen LogP contribution in [0.15, 0.2) is 29.2 Å². The van der Waals surface area contributed by atoms with E-state index in [9.17, 15) is 22.4 Å². The van der Waals surface area contributed by atoms with Crippen molar-refractivity contribution in [3.05, 3.63) is 30.1 Å². The van der Waals surface area contributed by atoms with Crippen molar-refractivity contribution in [2.45, 2.75) is 43.0 Å². The number of urea groups is 1. The van der Waals surface area contributed by atoms with Crippen LogP contribution in [-0.2, 0) is 14.8 Å². The van der Waals surface area contributed by atoms with Gasteiger partial charge in [-0.15, -0.1) is 0 Å². The average Bonchev–Trinajstić information content (AvgIpc) is 2.95. The molecule has 3 aliphatic rings. The molecule has 1 aromatic carbocycles. The number of rotatable bonds is 4. The van der Waals surface area contributed by atoms with Crippen LogP contribution in [0, 0.1) is 11.7 Å². The number of piperazine rings is 1. The van der Waals surface area contributed by atoms with Gasteiger partial charge in [0.2, 0.25) is 10.0 Å². The Labute approximate surface area is 176 Å². The second-order valence-corrected chi connectivity index (χ2v) is 10.4. The van der Waals surface area contributed by atoms with Crippen molar-refractivity contribution in [2.24, 2.45) is 5.92 Å². The Morgan fingerprint density at radius 2 is 1.73 bits per heavy atom. The fraction of sp³-hybridized carbons (Fsp3) is 0.600. The molecule has 3 fully saturated rings. The number of nitrogens with zero attached hydrogens (tertiary/aromatic N) is 3. The highest BCUT2D eigenvalue weighted by atomic mass is 32.2. The van der Waals surface area contributed by atoms with Crippen molar-refractivity contribution in [3.63, 3.8) is 0 Å². The minimum absolute atomic E-state index is 0.134. The summed E-state index contributed by atoms with van der Waals surface area (Å²) in [5.41, 5.74) is -0.778. The van der Waals surface area contributed by atoms with E-state index in [-0.39, 0.29) is 36.6 Å². The van der Waals surface area contributed by atoms with Gasteiger partial charge in [0.15, 0.2) is 0 Å². The Balaban J connectivity index is 1.38. The lowest BCUT2D eigenvalue weighted by molar-refractivity contribution is -0.134. The quantitative estimate of drug-likeness (QED) is 0.721. The summed E-state index contributed by atoms with van der Waals surface area (Å²) in [6, 6.07) is 4.95. The van der Waals surface area contributed by atoms with E-state index in [0.717, 1.165) is 18.9 Å². The Kier molecular flexibility index (Phi) is 5.58. The molecular formula is C20H27FN4O4S. The first-order valence-corrected chi connectivity index (χ1v) is 11.8. The minimum Gasteiger partial charge on any atom is -0.323 e. The second kappa shape index (κ2) is 7.90. The number of hydrogen-bond donors (Lipinski definition) is 1. The number of imide groups is 1. The summed E-state index contributed by atoms with van der Waals surface area (Å²) in [6.45, 7) is 3.34. The van der Waals surface area contributed by atoms with Crippen molar-refractivity contribution in [1.29, 1.82) is 0 Å². The summed E-state index contributed by atoms with van der Waals surface area (Å²) in [5, 5.41) is 2.90. The van der Waals surface area contributed by atoms with Crippen LogP contribution < -0.4 is 5.32 Å². The number of carbonyl (C=O) groups is 2. The molecule has 0 aromatic heterocycles. The van der Waals surface area contributed by atoms with Gasteiger partial charge in [-0.2, -0.15) is 4.31 Å². The highest BCUT2D eigenvalue weighted by molar-refractivity contribution is 7.89. The molecule has 1 saturated carbocycles. The molecule has 2 heterocycles. The van der Waals surface area contributed by atoms with Crippen molar-refractivity contribution in [3.8, 4) is 0 Å². The van der Waals surface area contributed by atoms with Gasteiger partial charge < -0.3 is 5.32 Å². The van der Waals surface area contributed by atoms with E-state index in [2.05, 4.69) is 12.2 Å². The first-order valence-electron chi connectivity index (χ1n) is 10.3. The number of nitrogens with one attached hydrogen (secondary N) is 1. The fourth-order valence-electron chi connectivity index (χ4n) is 4.50. The zero-order valence-corrected chi connectivity index (χ0v) is 17.8. The van der Waals surface area contributed by atoms with Gasteiger partial charge in [0.1, 0.15) is 16.3 Å². The van der Waals surface area contributed by atoms with E-state index in [4.69, 9.17) is 0 Å². The molecule has 164 valence electrons. The normalized spacial score (nSPS) is 28.9. The first kappa shape index (κ1) is 21.2. The number of sulfonamides is 1. The molecule has 1 spiro atoms. The molecule has 0 unspecified atom stereocenters. The van der Waals surface area contributed by atoms with Crippen LogP contribution in [0.5, 0.6) is 0 Å². The summed E-state index contributed by atoms with van der Waals surface area (Å²) in [5.74, 6) is -0.397. The monoisotopic (exact) mass is 438 g/mol. The number of amides is 3. The predicted molar refractivity (Wildman–Crippen MR) is 107 cm³/mol. The van der Waals surface area contributed by atoms with Crippen molar-refractivity contribution < 1.29 is 22.4 Å². The average molecular weight is 439 g/mol. The number of halogens is 1. The molecule has 4 rings (SSSR count). The van der Waals surface area contributed by atoms with Crippen LogP contribution in [0.25, 0.3) is 0 Å². The molecule has 1 aromatic rings. The van der Waals surface area contributed by atoms with Crippen LogP contribution in [-0.4, -0.2) is 72.8 Å². The summed E-state index contributed by atoms with van der Waals surface area (Å²) >= 11 is 0. The topological polar surface area (TPSA) is 90.0 Å². The van der Waals surface area contributed by atoms with Crippen molar-refractivity contribution in [2.75, 3.05) is 32.8 Å². The molecule has 10 heteroatoms. The smallest absolute Gasteiger partial charge is 0.323 e. The third-order valence-electron chi connectivity index (χ3n) is 6.50. The SMILES string of the molecule is CC1CCC2(CC1)NC(=O)N(CN1CCN(S(=O)(=O)c3ccccc3F)CC1)C2=O. The Hall–Kier alpha value is -2.04. The predicted octanol–water partition coefficient (Wildman–Crippen LogP) is 1.59. The number of hydrogen-bond acceptors (Lipinski definition) is 5. The number of carbonyl (C=O) groups excluding carboxylic acids is 2. The maximum Gasteiger partial charge on any atom is 0.326 e. The van der Waals surface area contributed by atoms with E-state index in [1.165, 1.54) is 27.4 Å². The molecule has 0 radical (unpaired) electrons. The van der Waals surface area contributed by atoms with Crippen molar-refractivity contribution >= 4 is 22.0 Å². The highest BCUT2D eigenvalue weighted by Crippen LogP contribution is 2.36. The van der Waals surface area contributed by atoms with Gasteiger partial charge in [-0.25, -0.2) is 22.5 Å². The van der Waals surface area contributed by atoms with Crippen LogP contribution in [0.1, 0.15) is 32.6 Å². The van der Waals surface area contributed by atoms with Crippen LogP contribution in [0.4, 0.5) is 9.18 Å². The molecule has 2 aliphatic heterocycles. The first-order chi connectivity index (χ1) is 14.2. The fourth-order valence-corrected chi connectivity index (χ4v) is 5.99. The molecule has 0 atom stereocenters. The van der Waals surface area contributed by atoms with E-state index in [1.807, 2.05) is 4.90 Å². The van der Waals surface area contributed by atoms with Gasteiger partial charge in [0, 0.05) is 26.2 Å². The van der Waals surface area contributed by atoms with E-state index in [1.54, 1.807) is 0 Å². The zero-order chi connectivity index (χ0) is 21.5. The molecule has 30 heavy (non-hydrogen) atoms. The Morgan fingerprint density at radius 1 is 1.10 bits per heavy atom. The lowest BCUT2D eigenvalue weighted by atomic mass is 9.77. The summed E-state index contributed by atoms with van der Waals surface area (Å²) in [7, 11) is -3.92. The van der Waals surface area contributed by atoms with Gasteiger partial charge in [-0.3, -0.25) is 9.69 Å². The van der Waals surface area contributed by atoms with Crippen molar-refractivity contribution in [1.82, 2.24) is 19.4 Å². The number of benzene rings is 1. The van der Waals surface area contributed by atoms with E-state index >= 15 is 0 Å². The molecule has 3 amide bonds. The van der Waals surface area contributed by atoms with Gasteiger partial charge in [-0.1, -0.05) is 19.1 Å². The molecule has 1 N–H and O–H groups in total. The molecule has 2 saturated heterocycles. The van der Waals surface area contributed by atoms with Gasteiger partial charge in [0.25, 0.3) is 5.91 Å². The summed E-state index contributed by atoms with van der Waals surface area (Å²) in [6.07, 6.45) is 3.13. The van der Waals surface area contributed by atoms with Gasteiger partial charge in [-0.05, 0) is 43.7 Å². The molecule has 0 bridgehead atoms. The van der Waals surface area contributed by atoms with Gasteiger partial charge >= 0.3 is 6.03 Å². The maximum absolute atomic E-state index is 14.0. The standard InChI is InChI=1S/C20H27FN4O4S/c1-15-6-8-20(9-7-15)18(26)25(19(27)22-20)14-23-10-12-24(13-11-23)30(28,29)17-5-3-2-4-16(17)21/h2-5,15H,6-14H2,1H3,(H,22,27). The highest BCUT2D eigenvalue weighted by Gasteiger charge is 2.52. The summed E-state index contributed by atoms with van der Waals surface area (Å²) in [4.78, 5) is 28.3. The molecule has 8 nitrogen and oxygen atoms in total. The molecular weight excluding hydrogens is 411 g/mol. The Morgan fingerprint density at radius 3 is 2.37 bits per heavy atom. The Bertz CT molecular complexity index is 938. The second-order valence-electron chi connectivity index (χ2n) is 8.52. The van der Waals surface area contributed by atoms with Crippen LogP contribution >= 0.6 is 0 Å². The summed E-state index contributed by atoms with van der Waals surface area (Å²) < 4.78 is 40.7. The zero-order valence-electron chi connectivity index (χ0n) is 17.0. The third-order valence-corrected chi connectivity index (χ3v) is 8.43. The largest absolute Gasteiger partial charge is 0.326 e. The van der Waals surface area contributed by atoms with Gasteiger partial charge in [0.05, 0.1) is 6.67 Å². The van der Waals surface area contributed by atoms with Crippen LogP contribution in [0.3, 0.4) is 0 Å².